The lowest BCUT2D eigenvalue weighted by molar-refractivity contribution is -0.119. The summed E-state index contributed by atoms with van der Waals surface area (Å²) in [4.78, 5) is 23.0. The van der Waals surface area contributed by atoms with Gasteiger partial charge in [0.25, 0.3) is 0 Å². The van der Waals surface area contributed by atoms with Crippen LogP contribution in [-0.4, -0.2) is 11.8 Å². The number of carbonyl (C=O) groups excluding carboxylic acids is 2. The average molecular weight is 259 g/mol. The highest BCUT2D eigenvalue weighted by atomic mass is 16.2. The Morgan fingerprint density at radius 2 is 2.00 bits per heavy atom. The molecule has 5 heteroatoms. The van der Waals surface area contributed by atoms with Gasteiger partial charge in [0.05, 0.1) is 6.07 Å². The number of carbonyl (C=O) groups is 2. The van der Waals surface area contributed by atoms with Crippen LogP contribution in [0.3, 0.4) is 0 Å². The van der Waals surface area contributed by atoms with Gasteiger partial charge in [-0.3, -0.25) is 9.59 Å². The topological polar surface area (TPSA) is 82.0 Å². The number of hydrogen-bond donors (Lipinski definition) is 2. The van der Waals surface area contributed by atoms with Crippen LogP contribution in [0.1, 0.15) is 25.8 Å². The summed E-state index contributed by atoms with van der Waals surface area (Å²) in [6.07, 6.45) is -0.192. The minimum absolute atomic E-state index is 0.0850. The molecule has 0 radical (unpaired) electrons. The van der Waals surface area contributed by atoms with Gasteiger partial charge >= 0.3 is 0 Å². The molecule has 1 rings (SSSR count). The van der Waals surface area contributed by atoms with Crippen molar-refractivity contribution in [2.24, 2.45) is 5.92 Å². The predicted octanol–water partition coefficient (Wildman–Crippen LogP) is 2.44. The molecule has 0 aliphatic heterocycles. The van der Waals surface area contributed by atoms with E-state index in [-0.39, 0.29) is 24.2 Å². The number of benzene rings is 1. The van der Waals surface area contributed by atoms with Crippen LogP contribution in [-0.2, 0) is 9.59 Å². The van der Waals surface area contributed by atoms with Gasteiger partial charge in [-0.25, -0.2) is 0 Å². The molecule has 0 saturated heterocycles. The molecule has 0 saturated carbocycles. The van der Waals surface area contributed by atoms with E-state index in [9.17, 15) is 9.59 Å². The van der Waals surface area contributed by atoms with E-state index in [2.05, 4.69) is 10.6 Å². The lowest BCUT2D eigenvalue weighted by Crippen LogP contribution is -2.18. The van der Waals surface area contributed by atoms with Crippen molar-refractivity contribution in [2.75, 3.05) is 10.6 Å². The van der Waals surface area contributed by atoms with Crippen LogP contribution in [0.15, 0.2) is 18.2 Å². The fraction of sp³-hybridized carbons (Fsp3) is 0.357. The first-order chi connectivity index (χ1) is 8.93. The molecule has 0 atom stereocenters. The van der Waals surface area contributed by atoms with Crippen molar-refractivity contribution in [2.45, 2.75) is 27.2 Å². The molecule has 19 heavy (non-hydrogen) atoms. The Bertz CT molecular complexity index is 530. The molecule has 1 aromatic rings. The van der Waals surface area contributed by atoms with Gasteiger partial charge < -0.3 is 10.6 Å². The molecule has 2 N–H and O–H groups in total. The summed E-state index contributed by atoms with van der Waals surface area (Å²) in [5.41, 5.74) is 2.09. The Morgan fingerprint density at radius 1 is 1.32 bits per heavy atom. The third-order valence-electron chi connectivity index (χ3n) is 2.54. The number of nitrogens with one attached hydrogen (secondary N) is 2. The van der Waals surface area contributed by atoms with Crippen LogP contribution in [0.25, 0.3) is 0 Å². The van der Waals surface area contributed by atoms with Gasteiger partial charge in [-0.2, -0.15) is 5.26 Å². The lowest BCUT2D eigenvalue weighted by atomic mass is 10.1. The van der Waals surface area contributed by atoms with Crippen molar-refractivity contribution in [1.82, 2.24) is 0 Å². The first kappa shape index (κ1) is 14.7. The molecule has 0 fully saturated rings. The van der Waals surface area contributed by atoms with Gasteiger partial charge in [-0.15, -0.1) is 0 Å². The number of hydrogen-bond acceptors (Lipinski definition) is 3. The van der Waals surface area contributed by atoms with Gasteiger partial charge in [0.15, 0.2) is 0 Å². The van der Waals surface area contributed by atoms with E-state index >= 15 is 0 Å². The van der Waals surface area contributed by atoms with Crippen LogP contribution >= 0.6 is 0 Å². The summed E-state index contributed by atoms with van der Waals surface area (Å²) in [7, 11) is 0. The van der Waals surface area contributed by atoms with Crippen molar-refractivity contribution >= 4 is 23.2 Å². The van der Waals surface area contributed by atoms with E-state index in [0.29, 0.717) is 11.4 Å². The van der Waals surface area contributed by atoms with Crippen molar-refractivity contribution in [3.63, 3.8) is 0 Å². The maximum absolute atomic E-state index is 11.6. The van der Waals surface area contributed by atoms with Crippen molar-refractivity contribution in [3.8, 4) is 6.07 Å². The number of anilines is 2. The second-order valence-electron chi connectivity index (χ2n) is 4.56. The molecule has 5 nitrogen and oxygen atoms in total. The lowest BCUT2D eigenvalue weighted by Gasteiger charge is -2.12. The maximum atomic E-state index is 11.6. The second kappa shape index (κ2) is 6.55. The van der Waals surface area contributed by atoms with E-state index in [0.717, 1.165) is 5.56 Å². The fourth-order valence-corrected chi connectivity index (χ4v) is 1.39. The molecule has 0 aliphatic rings. The molecule has 1 aromatic carbocycles. The van der Waals surface area contributed by atoms with Gasteiger partial charge in [-0.1, -0.05) is 19.9 Å². The molecule has 2 amide bonds. The average Bonchev–Trinajstić information content (AvgIpc) is 2.33. The number of nitrogens with zero attached hydrogens (tertiary/aromatic N) is 1. The molecule has 0 aromatic heterocycles. The Hall–Kier alpha value is -2.35. The molecule has 0 aliphatic carbocycles. The van der Waals surface area contributed by atoms with Gasteiger partial charge in [0.1, 0.15) is 6.42 Å². The molecular weight excluding hydrogens is 242 g/mol. The summed E-state index contributed by atoms with van der Waals surface area (Å²) in [5, 5.41) is 13.9. The van der Waals surface area contributed by atoms with E-state index in [1.165, 1.54) is 0 Å². The van der Waals surface area contributed by atoms with Gasteiger partial charge in [-0.05, 0) is 24.6 Å². The summed E-state index contributed by atoms with van der Waals surface area (Å²) in [5.74, 6) is -0.561. The summed E-state index contributed by atoms with van der Waals surface area (Å²) < 4.78 is 0. The molecule has 0 unspecified atom stereocenters. The monoisotopic (exact) mass is 259 g/mol. The summed E-state index contributed by atoms with van der Waals surface area (Å²) >= 11 is 0. The van der Waals surface area contributed by atoms with Crippen molar-refractivity contribution in [3.05, 3.63) is 23.8 Å². The predicted molar refractivity (Wildman–Crippen MR) is 73.5 cm³/mol. The SMILES string of the molecule is Cc1ccc(NC(=O)C(C)C)cc1NC(=O)CC#N. The zero-order valence-corrected chi connectivity index (χ0v) is 11.3. The number of nitriles is 1. The largest absolute Gasteiger partial charge is 0.326 e. The summed E-state index contributed by atoms with van der Waals surface area (Å²) in [6, 6.07) is 7.05. The molecular formula is C14H17N3O2. The first-order valence-corrected chi connectivity index (χ1v) is 6.02. The zero-order chi connectivity index (χ0) is 14.4. The highest BCUT2D eigenvalue weighted by Crippen LogP contribution is 2.21. The maximum Gasteiger partial charge on any atom is 0.238 e. The number of amides is 2. The number of rotatable bonds is 4. The Morgan fingerprint density at radius 3 is 2.58 bits per heavy atom. The third-order valence-corrected chi connectivity index (χ3v) is 2.54. The molecule has 0 spiro atoms. The van der Waals surface area contributed by atoms with E-state index < -0.39 is 0 Å². The van der Waals surface area contributed by atoms with E-state index in [4.69, 9.17) is 5.26 Å². The molecule has 100 valence electrons. The van der Waals surface area contributed by atoms with Crippen LogP contribution in [0, 0.1) is 24.2 Å². The molecule has 0 heterocycles. The van der Waals surface area contributed by atoms with Crippen LogP contribution < -0.4 is 10.6 Å². The zero-order valence-electron chi connectivity index (χ0n) is 11.3. The van der Waals surface area contributed by atoms with Crippen LogP contribution in [0.5, 0.6) is 0 Å². The highest BCUT2D eigenvalue weighted by Gasteiger charge is 2.09. The fourth-order valence-electron chi connectivity index (χ4n) is 1.39. The Kier molecular flexibility index (Phi) is 5.07. The molecule has 0 bridgehead atoms. The number of aryl methyl sites for hydroxylation is 1. The highest BCUT2D eigenvalue weighted by molar-refractivity contribution is 5.95. The van der Waals surface area contributed by atoms with Gasteiger partial charge in [0.2, 0.25) is 11.8 Å². The minimum Gasteiger partial charge on any atom is -0.326 e. The third kappa shape index (κ3) is 4.43. The van der Waals surface area contributed by atoms with E-state index in [1.807, 2.05) is 6.92 Å². The van der Waals surface area contributed by atoms with Gasteiger partial charge in [0, 0.05) is 17.3 Å². The van der Waals surface area contributed by atoms with E-state index in [1.54, 1.807) is 38.1 Å². The van der Waals surface area contributed by atoms with Crippen LogP contribution in [0.2, 0.25) is 0 Å². The normalized spacial score (nSPS) is 9.84. The smallest absolute Gasteiger partial charge is 0.238 e. The minimum atomic E-state index is -0.363. The first-order valence-electron chi connectivity index (χ1n) is 6.02. The quantitative estimate of drug-likeness (QED) is 0.871. The second-order valence-corrected chi connectivity index (χ2v) is 4.56. The Labute approximate surface area is 112 Å². The van der Waals surface area contributed by atoms with Crippen LogP contribution in [0.4, 0.5) is 11.4 Å². The Balaban J connectivity index is 2.86. The van der Waals surface area contributed by atoms with Crippen molar-refractivity contribution < 1.29 is 9.59 Å². The summed E-state index contributed by atoms with van der Waals surface area (Å²) in [6.45, 7) is 5.45. The van der Waals surface area contributed by atoms with Crippen molar-refractivity contribution in [1.29, 1.82) is 5.26 Å². The standard InChI is InChI=1S/C14H17N3O2/c1-9(2)14(19)16-11-5-4-10(3)12(8-11)17-13(18)6-7-15/h4-5,8-9H,6H2,1-3H3,(H,16,19)(H,17,18).